The van der Waals surface area contributed by atoms with Gasteiger partial charge in [0.05, 0.1) is 10.6 Å². The van der Waals surface area contributed by atoms with Crippen LogP contribution in [0.2, 0.25) is 0 Å². The first kappa shape index (κ1) is 24.3. The van der Waals surface area contributed by atoms with Crippen molar-refractivity contribution in [2.75, 3.05) is 23.1 Å². The van der Waals surface area contributed by atoms with Gasteiger partial charge in [0.2, 0.25) is 15.9 Å². The summed E-state index contributed by atoms with van der Waals surface area (Å²) in [6.07, 6.45) is 2.35. The van der Waals surface area contributed by atoms with Crippen molar-refractivity contribution < 1.29 is 21.6 Å². The van der Waals surface area contributed by atoms with Gasteiger partial charge in [0.1, 0.15) is 0 Å². The van der Waals surface area contributed by atoms with Crippen LogP contribution < -0.4 is 10.0 Å². The van der Waals surface area contributed by atoms with Crippen molar-refractivity contribution in [2.45, 2.75) is 23.5 Å². The minimum Gasteiger partial charge on any atom is -0.326 e. The second-order valence-electron chi connectivity index (χ2n) is 7.87. The van der Waals surface area contributed by atoms with Crippen LogP contribution in [0.1, 0.15) is 18.4 Å². The zero-order valence-electron chi connectivity index (χ0n) is 18.1. The Morgan fingerprint density at radius 2 is 1.68 bits per heavy atom. The second kappa shape index (κ2) is 10.2. The number of thiazole rings is 1. The lowest BCUT2D eigenvalue weighted by Crippen LogP contribution is -2.41. The average Bonchev–Trinajstić information content (AvgIpc) is 3.32. The molecular weight excluding hydrogens is 496 g/mol. The summed E-state index contributed by atoms with van der Waals surface area (Å²) in [5, 5.41) is 4.74. The summed E-state index contributed by atoms with van der Waals surface area (Å²) in [7, 11) is -7.22. The molecule has 1 aliphatic rings. The fourth-order valence-electron chi connectivity index (χ4n) is 3.68. The first-order chi connectivity index (χ1) is 16.2. The van der Waals surface area contributed by atoms with E-state index in [1.807, 2.05) is 6.07 Å². The van der Waals surface area contributed by atoms with Crippen LogP contribution in [0.15, 0.2) is 71.1 Å². The van der Waals surface area contributed by atoms with Crippen LogP contribution in [-0.4, -0.2) is 45.1 Å². The topological polar surface area (TPSA) is 126 Å². The molecule has 0 bridgehead atoms. The number of carbonyl (C=O) groups excluding carboxylic acids is 1. The van der Waals surface area contributed by atoms with Gasteiger partial charge in [-0.2, -0.15) is 0 Å². The molecule has 2 heterocycles. The van der Waals surface area contributed by atoms with E-state index in [4.69, 9.17) is 0 Å². The predicted molar refractivity (Wildman–Crippen MR) is 131 cm³/mol. The monoisotopic (exact) mass is 520 g/mol. The van der Waals surface area contributed by atoms with E-state index >= 15 is 0 Å². The number of hydrogen-bond acceptors (Lipinski definition) is 7. The zero-order chi connectivity index (χ0) is 24.2. The minimum atomic E-state index is -3.77. The Morgan fingerprint density at radius 1 is 1.00 bits per heavy atom. The van der Waals surface area contributed by atoms with Crippen molar-refractivity contribution in [1.82, 2.24) is 9.29 Å². The zero-order valence-corrected chi connectivity index (χ0v) is 20.6. The van der Waals surface area contributed by atoms with Gasteiger partial charge in [-0.3, -0.25) is 9.52 Å². The van der Waals surface area contributed by atoms with Crippen LogP contribution in [0, 0.1) is 5.92 Å². The van der Waals surface area contributed by atoms with Crippen molar-refractivity contribution in [2.24, 2.45) is 5.92 Å². The number of piperidine rings is 1. The summed E-state index contributed by atoms with van der Waals surface area (Å²) >= 11 is 1.17. The first-order valence-corrected chi connectivity index (χ1v) is 14.6. The summed E-state index contributed by atoms with van der Waals surface area (Å²) in [6.45, 7) is 0.569. The smallest absolute Gasteiger partial charge is 0.263 e. The van der Waals surface area contributed by atoms with Gasteiger partial charge < -0.3 is 5.32 Å². The van der Waals surface area contributed by atoms with Crippen molar-refractivity contribution in [3.63, 3.8) is 0 Å². The molecule has 2 N–H and O–H groups in total. The van der Waals surface area contributed by atoms with E-state index < -0.39 is 20.0 Å². The number of carbonyl (C=O) groups is 1. The van der Waals surface area contributed by atoms with E-state index in [0.29, 0.717) is 18.5 Å². The molecule has 0 radical (unpaired) electrons. The standard InChI is InChI=1S/C22H24N4O5S3/c27-21(18-10-13-26(14-11-18)33(28,29)16-17-4-2-1-3-5-17)24-19-6-8-20(9-7-19)34(30,31)25-22-23-12-15-32-22/h1-9,12,15,18H,10-11,13-14,16H2,(H,23,25)(H,24,27). The third-order valence-corrected chi connectivity index (χ3v) is 9.52. The lowest BCUT2D eigenvalue weighted by atomic mass is 9.97. The van der Waals surface area contributed by atoms with E-state index in [1.54, 1.807) is 29.6 Å². The average molecular weight is 521 g/mol. The molecule has 0 saturated carbocycles. The van der Waals surface area contributed by atoms with E-state index in [2.05, 4.69) is 15.0 Å². The minimum absolute atomic E-state index is 0.0534. The van der Waals surface area contributed by atoms with Crippen LogP contribution in [-0.2, 0) is 30.6 Å². The van der Waals surface area contributed by atoms with E-state index in [0.717, 1.165) is 5.56 Å². The molecule has 1 aromatic heterocycles. The molecule has 0 atom stereocenters. The van der Waals surface area contributed by atoms with Gasteiger partial charge in [-0.05, 0) is 42.7 Å². The first-order valence-electron chi connectivity index (χ1n) is 10.6. The maximum atomic E-state index is 12.7. The third kappa shape index (κ3) is 6.00. The molecule has 0 unspecified atom stereocenters. The molecule has 0 aliphatic carbocycles. The van der Waals surface area contributed by atoms with Crippen LogP contribution in [0.25, 0.3) is 0 Å². The molecule has 1 saturated heterocycles. The third-order valence-electron chi connectivity index (χ3n) is 5.50. The number of aromatic nitrogens is 1. The fourth-order valence-corrected chi connectivity index (χ4v) is 7.03. The highest BCUT2D eigenvalue weighted by Gasteiger charge is 2.31. The predicted octanol–water partition coefficient (Wildman–Crippen LogP) is 3.12. The van der Waals surface area contributed by atoms with Gasteiger partial charge in [0.15, 0.2) is 5.13 Å². The van der Waals surface area contributed by atoms with Crippen LogP contribution >= 0.6 is 11.3 Å². The Hall–Kier alpha value is -2.80. The van der Waals surface area contributed by atoms with Gasteiger partial charge in [0, 0.05) is 36.3 Å². The highest BCUT2D eigenvalue weighted by molar-refractivity contribution is 7.93. The number of nitrogens with zero attached hydrogens (tertiary/aromatic N) is 2. The fraction of sp³-hybridized carbons (Fsp3) is 0.273. The molecule has 1 aliphatic heterocycles. The van der Waals surface area contributed by atoms with Gasteiger partial charge in [0.25, 0.3) is 10.0 Å². The summed E-state index contributed by atoms with van der Waals surface area (Å²) in [6, 6.07) is 14.9. The molecule has 1 fully saturated rings. The number of amides is 1. The molecule has 9 nitrogen and oxygen atoms in total. The van der Waals surface area contributed by atoms with Gasteiger partial charge in [-0.25, -0.2) is 26.1 Å². The number of hydrogen-bond donors (Lipinski definition) is 2. The van der Waals surface area contributed by atoms with Crippen LogP contribution in [0.5, 0.6) is 0 Å². The summed E-state index contributed by atoms with van der Waals surface area (Å²) < 4.78 is 54.1. The maximum Gasteiger partial charge on any atom is 0.263 e. The van der Waals surface area contributed by atoms with Crippen molar-refractivity contribution in [3.8, 4) is 0 Å². The van der Waals surface area contributed by atoms with Gasteiger partial charge in [-0.1, -0.05) is 30.3 Å². The van der Waals surface area contributed by atoms with Crippen molar-refractivity contribution in [3.05, 3.63) is 71.7 Å². The Kier molecular flexibility index (Phi) is 7.31. The summed E-state index contributed by atoms with van der Waals surface area (Å²) in [5.74, 6) is -0.591. The van der Waals surface area contributed by atoms with Crippen molar-refractivity contribution in [1.29, 1.82) is 0 Å². The van der Waals surface area contributed by atoms with Crippen LogP contribution in [0.4, 0.5) is 10.8 Å². The SMILES string of the molecule is O=C(Nc1ccc(S(=O)(=O)Nc2nccs2)cc1)C1CCN(S(=O)(=O)Cc2ccccc2)CC1. The summed E-state index contributed by atoms with van der Waals surface area (Å²) in [5.41, 5.74) is 1.20. The van der Waals surface area contributed by atoms with E-state index in [9.17, 15) is 21.6 Å². The molecule has 12 heteroatoms. The highest BCUT2D eigenvalue weighted by atomic mass is 32.2. The van der Waals surface area contributed by atoms with Gasteiger partial charge >= 0.3 is 0 Å². The lowest BCUT2D eigenvalue weighted by molar-refractivity contribution is -0.120. The molecule has 2 aromatic carbocycles. The quantitative estimate of drug-likeness (QED) is 0.470. The van der Waals surface area contributed by atoms with E-state index in [1.165, 1.54) is 46.1 Å². The molecular formula is C22H24N4O5S3. The number of rotatable bonds is 8. The second-order valence-corrected chi connectivity index (χ2v) is 12.4. The molecule has 0 spiro atoms. The molecule has 3 aromatic rings. The number of sulfonamides is 2. The highest BCUT2D eigenvalue weighted by Crippen LogP contribution is 2.24. The van der Waals surface area contributed by atoms with Crippen molar-refractivity contribution >= 4 is 48.1 Å². The molecule has 34 heavy (non-hydrogen) atoms. The largest absolute Gasteiger partial charge is 0.326 e. The Bertz CT molecular complexity index is 1320. The van der Waals surface area contributed by atoms with Crippen LogP contribution in [0.3, 0.4) is 0 Å². The lowest BCUT2D eigenvalue weighted by Gasteiger charge is -2.30. The Balaban J connectivity index is 1.31. The van der Waals surface area contributed by atoms with Gasteiger partial charge in [-0.15, -0.1) is 11.3 Å². The maximum absolute atomic E-state index is 12.7. The van der Waals surface area contributed by atoms with E-state index in [-0.39, 0.29) is 40.7 Å². The number of benzene rings is 2. The Morgan fingerprint density at radius 3 is 2.29 bits per heavy atom. The molecule has 1 amide bonds. The number of nitrogens with one attached hydrogen (secondary N) is 2. The summed E-state index contributed by atoms with van der Waals surface area (Å²) in [4.78, 5) is 16.7. The normalized spacial score (nSPS) is 15.6. The Labute approximate surface area is 202 Å². The molecule has 180 valence electrons. The molecule has 4 rings (SSSR count). The number of anilines is 2.